The van der Waals surface area contributed by atoms with Crippen LogP contribution in [0.25, 0.3) is 0 Å². The lowest BCUT2D eigenvalue weighted by Crippen LogP contribution is -2.39. The molecular weight excluding hydrogens is 331 g/mol. The van der Waals surface area contributed by atoms with Crippen molar-refractivity contribution in [2.75, 3.05) is 29.4 Å². The van der Waals surface area contributed by atoms with Crippen LogP contribution in [0.4, 0.5) is 20.7 Å². The SMILES string of the molecule is O=C(NCc1cccnc1N1CCCCC1)N1CCc2ccc(F)cc21. The summed E-state index contributed by atoms with van der Waals surface area (Å²) in [5.74, 6) is 0.642. The minimum atomic E-state index is -0.317. The van der Waals surface area contributed by atoms with E-state index in [-0.39, 0.29) is 11.8 Å². The Labute approximate surface area is 152 Å². The van der Waals surface area contributed by atoms with Gasteiger partial charge in [-0.1, -0.05) is 12.1 Å². The number of piperidine rings is 1. The number of carbonyl (C=O) groups is 1. The Bertz CT molecular complexity index is 804. The zero-order chi connectivity index (χ0) is 17.9. The second kappa shape index (κ2) is 7.32. The van der Waals surface area contributed by atoms with Gasteiger partial charge in [-0.2, -0.15) is 0 Å². The highest BCUT2D eigenvalue weighted by molar-refractivity contribution is 5.94. The van der Waals surface area contributed by atoms with Gasteiger partial charge in [-0.3, -0.25) is 4.90 Å². The zero-order valence-corrected chi connectivity index (χ0v) is 14.7. The average molecular weight is 354 g/mol. The van der Waals surface area contributed by atoms with E-state index < -0.39 is 0 Å². The Morgan fingerprint density at radius 1 is 1.15 bits per heavy atom. The van der Waals surface area contributed by atoms with E-state index in [1.54, 1.807) is 17.2 Å². The molecule has 2 aliphatic rings. The topological polar surface area (TPSA) is 48.5 Å². The quantitative estimate of drug-likeness (QED) is 0.918. The van der Waals surface area contributed by atoms with Gasteiger partial charge in [0.05, 0.1) is 5.69 Å². The van der Waals surface area contributed by atoms with E-state index in [0.29, 0.717) is 18.8 Å². The Morgan fingerprint density at radius 2 is 2.00 bits per heavy atom. The van der Waals surface area contributed by atoms with Crippen molar-refractivity contribution in [3.63, 3.8) is 0 Å². The number of rotatable bonds is 3. The number of aromatic nitrogens is 1. The number of fused-ring (bicyclic) bond motifs is 1. The summed E-state index contributed by atoms with van der Waals surface area (Å²) >= 11 is 0. The van der Waals surface area contributed by atoms with Crippen LogP contribution in [0.2, 0.25) is 0 Å². The van der Waals surface area contributed by atoms with E-state index in [2.05, 4.69) is 15.2 Å². The summed E-state index contributed by atoms with van der Waals surface area (Å²) in [4.78, 5) is 21.1. The number of anilines is 2. The van der Waals surface area contributed by atoms with Gasteiger partial charge < -0.3 is 10.2 Å². The Balaban J connectivity index is 1.45. The monoisotopic (exact) mass is 354 g/mol. The Hall–Kier alpha value is -2.63. The average Bonchev–Trinajstić information content (AvgIpc) is 3.10. The van der Waals surface area contributed by atoms with Crippen LogP contribution in [0.1, 0.15) is 30.4 Å². The van der Waals surface area contributed by atoms with Crippen LogP contribution in [0.3, 0.4) is 0 Å². The highest BCUT2D eigenvalue weighted by Crippen LogP contribution is 2.29. The molecule has 5 nitrogen and oxygen atoms in total. The van der Waals surface area contributed by atoms with Crippen molar-refractivity contribution in [2.24, 2.45) is 0 Å². The largest absolute Gasteiger partial charge is 0.356 e. The third-order valence-corrected chi connectivity index (χ3v) is 5.14. The second-order valence-electron chi connectivity index (χ2n) is 6.87. The number of nitrogens with one attached hydrogen (secondary N) is 1. The van der Waals surface area contributed by atoms with Crippen molar-refractivity contribution in [1.29, 1.82) is 0 Å². The van der Waals surface area contributed by atoms with E-state index in [0.717, 1.165) is 36.5 Å². The maximum Gasteiger partial charge on any atom is 0.322 e. The highest BCUT2D eigenvalue weighted by atomic mass is 19.1. The molecule has 3 heterocycles. The van der Waals surface area contributed by atoms with E-state index in [9.17, 15) is 9.18 Å². The maximum absolute atomic E-state index is 13.5. The molecule has 0 saturated carbocycles. The van der Waals surface area contributed by atoms with Gasteiger partial charge in [0, 0.05) is 37.9 Å². The van der Waals surface area contributed by atoms with Crippen LogP contribution >= 0.6 is 0 Å². The molecule has 1 N–H and O–H groups in total. The molecule has 6 heteroatoms. The molecule has 0 atom stereocenters. The number of pyridine rings is 1. The molecule has 26 heavy (non-hydrogen) atoms. The van der Waals surface area contributed by atoms with Gasteiger partial charge >= 0.3 is 6.03 Å². The van der Waals surface area contributed by atoms with Gasteiger partial charge in [-0.05, 0) is 49.4 Å². The normalized spacial score (nSPS) is 16.5. The van der Waals surface area contributed by atoms with Crippen molar-refractivity contribution < 1.29 is 9.18 Å². The van der Waals surface area contributed by atoms with Crippen molar-refractivity contribution in [1.82, 2.24) is 10.3 Å². The number of hydrogen-bond donors (Lipinski definition) is 1. The van der Waals surface area contributed by atoms with Gasteiger partial charge in [-0.15, -0.1) is 0 Å². The van der Waals surface area contributed by atoms with Crippen molar-refractivity contribution >= 4 is 17.5 Å². The standard InChI is InChI=1S/C20H23FN4O/c21-17-7-6-15-8-12-25(18(15)13-17)20(26)23-14-16-5-4-9-22-19(16)24-10-2-1-3-11-24/h4-7,9,13H,1-3,8,10-12,14H2,(H,23,26). The number of halogens is 1. The summed E-state index contributed by atoms with van der Waals surface area (Å²) < 4.78 is 13.5. The molecule has 0 spiro atoms. The number of carbonyl (C=O) groups excluding carboxylic acids is 1. The fraction of sp³-hybridized carbons (Fsp3) is 0.400. The fourth-order valence-electron chi connectivity index (χ4n) is 3.79. The smallest absolute Gasteiger partial charge is 0.322 e. The first kappa shape index (κ1) is 16.8. The maximum atomic E-state index is 13.5. The first-order valence-corrected chi connectivity index (χ1v) is 9.25. The van der Waals surface area contributed by atoms with Crippen molar-refractivity contribution in [3.8, 4) is 0 Å². The summed E-state index contributed by atoms with van der Waals surface area (Å²) in [6, 6.07) is 8.35. The first-order chi connectivity index (χ1) is 12.7. The minimum absolute atomic E-state index is 0.192. The van der Waals surface area contributed by atoms with Crippen LogP contribution in [0, 0.1) is 5.82 Å². The molecule has 0 aliphatic carbocycles. The Kier molecular flexibility index (Phi) is 4.73. The van der Waals surface area contributed by atoms with Crippen LogP contribution in [0.5, 0.6) is 0 Å². The third-order valence-electron chi connectivity index (χ3n) is 5.14. The van der Waals surface area contributed by atoms with Gasteiger partial charge in [0.25, 0.3) is 0 Å². The predicted octanol–water partition coefficient (Wildman–Crippen LogP) is 3.48. The van der Waals surface area contributed by atoms with Crippen molar-refractivity contribution in [3.05, 3.63) is 53.5 Å². The molecule has 136 valence electrons. The van der Waals surface area contributed by atoms with E-state index in [1.807, 2.05) is 12.1 Å². The molecule has 2 amide bonds. The summed E-state index contributed by atoms with van der Waals surface area (Å²) in [6.45, 7) is 3.02. The molecule has 2 aromatic rings. The second-order valence-corrected chi connectivity index (χ2v) is 6.87. The number of hydrogen-bond acceptors (Lipinski definition) is 3. The van der Waals surface area contributed by atoms with Gasteiger partial charge in [-0.25, -0.2) is 14.2 Å². The van der Waals surface area contributed by atoms with Crippen LogP contribution in [-0.2, 0) is 13.0 Å². The van der Waals surface area contributed by atoms with E-state index >= 15 is 0 Å². The summed E-state index contributed by atoms with van der Waals surface area (Å²) in [5.41, 5.74) is 2.70. The van der Waals surface area contributed by atoms with Crippen LogP contribution in [-0.4, -0.2) is 30.6 Å². The fourth-order valence-corrected chi connectivity index (χ4v) is 3.79. The molecule has 4 rings (SSSR count). The molecule has 1 saturated heterocycles. The molecule has 0 unspecified atom stereocenters. The molecule has 1 aromatic heterocycles. The molecule has 1 aromatic carbocycles. The van der Waals surface area contributed by atoms with Gasteiger partial charge in [0.1, 0.15) is 11.6 Å². The van der Waals surface area contributed by atoms with E-state index in [4.69, 9.17) is 0 Å². The summed E-state index contributed by atoms with van der Waals surface area (Å²) in [6.07, 6.45) is 6.18. The van der Waals surface area contributed by atoms with Gasteiger partial charge in [0.2, 0.25) is 0 Å². The third kappa shape index (κ3) is 3.36. The number of benzene rings is 1. The summed E-state index contributed by atoms with van der Waals surface area (Å²) in [5, 5.41) is 2.98. The lowest BCUT2D eigenvalue weighted by atomic mass is 10.1. The molecule has 0 radical (unpaired) electrons. The lowest BCUT2D eigenvalue weighted by Gasteiger charge is -2.29. The van der Waals surface area contributed by atoms with Gasteiger partial charge in [0.15, 0.2) is 0 Å². The Morgan fingerprint density at radius 3 is 2.85 bits per heavy atom. The summed E-state index contributed by atoms with van der Waals surface area (Å²) in [7, 11) is 0. The highest BCUT2D eigenvalue weighted by Gasteiger charge is 2.25. The van der Waals surface area contributed by atoms with Crippen LogP contribution in [0.15, 0.2) is 36.5 Å². The number of urea groups is 1. The van der Waals surface area contributed by atoms with Crippen molar-refractivity contribution in [2.45, 2.75) is 32.2 Å². The van der Waals surface area contributed by atoms with E-state index in [1.165, 1.54) is 31.4 Å². The number of nitrogens with zero attached hydrogens (tertiary/aromatic N) is 3. The molecule has 2 aliphatic heterocycles. The molecule has 1 fully saturated rings. The molecule has 0 bridgehead atoms. The van der Waals surface area contributed by atoms with Crippen LogP contribution < -0.4 is 15.1 Å². The molecular formula is C20H23FN4O. The first-order valence-electron chi connectivity index (χ1n) is 9.25. The predicted molar refractivity (Wildman–Crippen MR) is 100.0 cm³/mol. The minimum Gasteiger partial charge on any atom is -0.356 e. The zero-order valence-electron chi connectivity index (χ0n) is 14.7. The number of amides is 2. The lowest BCUT2D eigenvalue weighted by molar-refractivity contribution is 0.246.